The number of carbonyl (C=O) groups is 2. The van der Waals surface area contributed by atoms with E-state index in [9.17, 15) is 9.59 Å². The van der Waals surface area contributed by atoms with E-state index in [1.54, 1.807) is 6.92 Å². The molecule has 0 saturated heterocycles. The summed E-state index contributed by atoms with van der Waals surface area (Å²) < 4.78 is 5.60. The Morgan fingerprint density at radius 2 is 1.87 bits per heavy atom. The highest BCUT2D eigenvalue weighted by Crippen LogP contribution is 2.41. The van der Waals surface area contributed by atoms with Crippen molar-refractivity contribution in [3.8, 4) is 5.75 Å². The van der Waals surface area contributed by atoms with E-state index in [1.165, 1.54) is 7.05 Å². The monoisotopic (exact) mass is 313 g/mol. The van der Waals surface area contributed by atoms with E-state index in [4.69, 9.17) is 4.74 Å². The Morgan fingerprint density at radius 1 is 1.22 bits per heavy atom. The molecule has 2 rings (SSSR count). The third kappa shape index (κ3) is 3.52. The number of nitrogens with one attached hydrogen (secondary N) is 1. The molecular weight excluding hydrogens is 290 g/mol. The van der Waals surface area contributed by atoms with Crippen molar-refractivity contribution in [2.45, 2.75) is 39.5 Å². The fourth-order valence-electron chi connectivity index (χ4n) is 3.25. The van der Waals surface area contributed by atoms with Crippen LogP contribution < -0.4 is 10.1 Å². The summed E-state index contributed by atoms with van der Waals surface area (Å²) in [4.78, 5) is 23.5. The minimum atomic E-state index is -0.513. The number of rotatable bonds is 4. The lowest BCUT2D eigenvalue weighted by molar-refractivity contribution is -0.118. The molecule has 0 bridgehead atoms. The van der Waals surface area contributed by atoms with Crippen molar-refractivity contribution in [3.05, 3.63) is 41.5 Å². The van der Waals surface area contributed by atoms with Gasteiger partial charge in [0.25, 0.3) is 0 Å². The second-order valence-electron chi connectivity index (χ2n) is 6.52. The molecule has 122 valence electrons. The van der Waals surface area contributed by atoms with Crippen LogP contribution in [0.25, 0.3) is 10.8 Å². The van der Waals surface area contributed by atoms with Crippen molar-refractivity contribution in [1.29, 1.82) is 0 Å². The smallest absolute Gasteiger partial charge is 0.409 e. The minimum absolute atomic E-state index is 0.105. The minimum Gasteiger partial charge on any atom is -0.409 e. The average Bonchev–Trinajstić information content (AvgIpc) is 2.45. The van der Waals surface area contributed by atoms with E-state index < -0.39 is 11.5 Å². The Kier molecular flexibility index (Phi) is 4.73. The van der Waals surface area contributed by atoms with Crippen LogP contribution in [0, 0.1) is 6.92 Å². The van der Waals surface area contributed by atoms with Gasteiger partial charge in [0.05, 0.1) is 0 Å². The molecule has 0 radical (unpaired) electrons. The van der Waals surface area contributed by atoms with E-state index in [-0.39, 0.29) is 5.78 Å². The highest BCUT2D eigenvalue weighted by atomic mass is 16.6. The van der Waals surface area contributed by atoms with Crippen molar-refractivity contribution in [2.75, 3.05) is 7.05 Å². The van der Waals surface area contributed by atoms with Crippen LogP contribution in [0.1, 0.15) is 38.3 Å². The number of Topliss-reactive ketones (excluding diaryl/α,β-unsaturated/α-hetero) is 1. The maximum Gasteiger partial charge on any atom is 0.412 e. The molecule has 0 aromatic heterocycles. The lowest BCUT2D eigenvalue weighted by Crippen LogP contribution is -2.27. The van der Waals surface area contributed by atoms with Crippen molar-refractivity contribution in [1.82, 2.24) is 5.32 Å². The van der Waals surface area contributed by atoms with Gasteiger partial charge < -0.3 is 10.1 Å². The van der Waals surface area contributed by atoms with Crippen molar-refractivity contribution in [2.24, 2.45) is 0 Å². The van der Waals surface area contributed by atoms with Gasteiger partial charge in [0.2, 0.25) is 0 Å². The fourth-order valence-corrected chi connectivity index (χ4v) is 3.25. The van der Waals surface area contributed by atoms with Gasteiger partial charge in [0, 0.05) is 29.8 Å². The van der Waals surface area contributed by atoms with Gasteiger partial charge in [-0.25, -0.2) is 4.79 Å². The van der Waals surface area contributed by atoms with E-state index in [0.29, 0.717) is 12.2 Å². The summed E-state index contributed by atoms with van der Waals surface area (Å²) >= 11 is 0. The molecule has 0 heterocycles. The molecule has 0 saturated carbocycles. The normalized spacial score (nSPS) is 11.3. The zero-order chi connectivity index (χ0) is 17.2. The van der Waals surface area contributed by atoms with Crippen LogP contribution in [0.2, 0.25) is 0 Å². The van der Waals surface area contributed by atoms with E-state index >= 15 is 0 Å². The van der Waals surface area contributed by atoms with Crippen LogP contribution in [-0.4, -0.2) is 18.9 Å². The van der Waals surface area contributed by atoms with Gasteiger partial charge >= 0.3 is 6.09 Å². The van der Waals surface area contributed by atoms with Gasteiger partial charge in [-0.15, -0.1) is 0 Å². The molecule has 0 unspecified atom stereocenters. The summed E-state index contributed by atoms with van der Waals surface area (Å²) in [6.45, 7) is 7.57. The fraction of sp³-hybridized carbons (Fsp3) is 0.368. The number of carbonyl (C=O) groups excluding carboxylic acids is 2. The Balaban J connectivity index is 2.75. The van der Waals surface area contributed by atoms with Crippen LogP contribution in [-0.2, 0) is 10.2 Å². The summed E-state index contributed by atoms with van der Waals surface area (Å²) in [7, 11) is 1.53. The Labute approximate surface area is 136 Å². The summed E-state index contributed by atoms with van der Waals surface area (Å²) in [5.74, 6) is 0.639. The van der Waals surface area contributed by atoms with Crippen molar-refractivity contribution >= 4 is 22.6 Å². The van der Waals surface area contributed by atoms with Gasteiger partial charge in [0.1, 0.15) is 11.5 Å². The number of fused-ring (bicyclic) bond motifs is 1. The molecule has 0 aliphatic rings. The predicted molar refractivity (Wildman–Crippen MR) is 92.1 cm³/mol. The molecule has 0 atom stereocenters. The van der Waals surface area contributed by atoms with E-state index in [1.807, 2.05) is 45.0 Å². The molecule has 4 heteroatoms. The Hall–Kier alpha value is -2.36. The lowest BCUT2D eigenvalue weighted by Gasteiger charge is -2.29. The zero-order valence-electron chi connectivity index (χ0n) is 14.3. The molecular formula is C19H23NO3. The summed E-state index contributed by atoms with van der Waals surface area (Å²) in [5.41, 5.74) is 1.48. The molecule has 1 amide bonds. The predicted octanol–water partition coefficient (Wildman–Crippen LogP) is 4.12. The second-order valence-corrected chi connectivity index (χ2v) is 6.52. The summed E-state index contributed by atoms with van der Waals surface area (Å²) in [6.07, 6.45) is -0.128. The van der Waals surface area contributed by atoms with Crippen LogP contribution in [0.15, 0.2) is 30.3 Å². The highest BCUT2D eigenvalue weighted by molar-refractivity contribution is 5.93. The Morgan fingerprint density at radius 3 is 2.48 bits per heavy atom. The topological polar surface area (TPSA) is 55.4 Å². The maximum absolute atomic E-state index is 11.8. The second kappa shape index (κ2) is 6.41. The summed E-state index contributed by atoms with van der Waals surface area (Å²) in [5, 5.41) is 4.36. The number of hydrogen-bond acceptors (Lipinski definition) is 3. The van der Waals surface area contributed by atoms with E-state index in [2.05, 4.69) is 11.4 Å². The molecule has 0 aliphatic carbocycles. The first-order chi connectivity index (χ1) is 10.8. The van der Waals surface area contributed by atoms with Crippen LogP contribution in [0.3, 0.4) is 0 Å². The SMILES string of the molecule is CNC(=O)Oc1c(C(C)(C)CC(C)=O)c(C)cc2ccccc12. The third-order valence-corrected chi connectivity index (χ3v) is 3.97. The van der Waals surface area contributed by atoms with Gasteiger partial charge in [-0.3, -0.25) is 4.79 Å². The largest absolute Gasteiger partial charge is 0.412 e. The van der Waals surface area contributed by atoms with Gasteiger partial charge in [-0.1, -0.05) is 44.2 Å². The first kappa shape index (κ1) is 17.0. The van der Waals surface area contributed by atoms with Crippen molar-refractivity contribution < 1.29 is 14.3 Å². The highest BCUT2D eigenvalue weighted by Gasteiger charge is 2.30. The molecule has 0 spiro atoms. The number of benzene rings is 2. The molecule has 4 nitrogen and oxygen atoms in total. The molecule has 0 aliphatic heterocycles. The zero-order valence-corrected chi connectivity index (χ0v) is 14.3. The van der Waals surface area contributed by atoms with Crippen molar-refractivity contribution in [3.63, 3.8) is 0 Å². The number of ketones is 1. The number of hydrogen-bond donors (Lipinski definition) is 1. The molecule has 0 fully saturated rings. The molecule has 2 aromatic carbocycles. The van der Waals surface area contributed by atoms with E-state index in [0.717, 1.165) is 21.9 Å². The standard InChI is InChI=1S/C19H23NO3/c1-12-10-14-8-6-7-9-15(14)17(23-18(22)20-5)16(12)19(3,4)11-13(2)21/h6-10H,11H2,1-5H3,(H,20,22). The number of ether oxygens (including phenoxy) is 1. The third-order valence-electron chi connectivity index (χ3n) is 3.97. The molecule has 23 heavy (non-hydrogen) atoms. The van der Waals surface area contributed by atoms with Gasteiger partial charge in [0.15, 0.2) is 0 Å². The number of amides is 1. The first-order valence-corrected chi connectivity index (χ1v) is 7.68. The first-order valence-electron chi connectivity index (χ1n) is 7.68. The van der Waals surface area contributed by atoms with Crippen LogP contribution >= 0.6 is 0 Å². The average molecular weight is 313 g/mol. The maximum atomic E-state index is 11.8. The number of aryl methyl sites for hydroxylation is 1. The van der Waals surface area contributed by atoms with Gasteiger partial charge in [-0.05, 0) is 24.8 Å². The van der Waals surface area contributed by atoms with Gasteiger partial charge in [-0.2, -0.15) is 0 Å². The lowest BCUT2D eigenvalue weighted by atomic mass is 9.76. The molecule has 1 N–H and O–H groups in total. The molecule has 2 aromatic rings. The van der Waals surface area contributed by atoms with Crippen LogP contribution in [0.5, 0.6) is 5.75 Å². The Bertz CT molecular complexity index is 763. The quantitative estimate of drug-likeness (QED) is 0.923. The van der Waals surface area contributed by atoms with Crippen LogP contribution in [0.4, 0.5) is 4.79 Å². The summed E-state index contributed by atoms with van der Waals surface area (Å²) in [6, 6.07) is 9.85.